The summed E-state index contributed by atoms with van der Waals surface area (Å²) in [7, 11) is 0. The van der Waals surface area contributed by atoms with Gasteiger partial charge in [0.2, 0.25) is 5.91 Å². The van der Waals surface area contributed by atoms with Gasteiger partial charge in [0.15, 0.2) is 0 Å². The highest BCUT2D eigenvalue weighted by molar-refractivity contribution is 9.10. The van der Waals surface area contributed by atoms with Gasteiger partial charge < -0.3 is 10.0 Å². The summed E-state index contributed by atoms with van der Waals surface area (Å²) in [4.78, 5) is 27.6. The van der Waals surface area contributed by atoms with Crippen LogP contribution in [0, 0.1) is 23.7 Å². The highest BCUT2D eigenvalue weighted by Crippen LogP contribution is 2.51. The Kier molecular flexibility index (Phi) is 3.61. The molecule has 23 heavy (non-hydrogen) atoms. The quantitative estimate of drug-likeness (QED) is 0.837. The van der Waals surface area contributed by atoms with Crippen LogP contribution in [0.3, 0.4) is 0 Å². The third-order valence-electron chi connectivity index (χ3n) is 4.78. The lowest BCUT2D eigenvalue weighted by Crippen LogP contribution is -2.39. The Morgan fingerprint density at radius 3 is 2.96 bits per heavy atom. The van der Waals surface area contributed by atoms with Crippen LogP contribution in [0.4, 0.5) is 5.69 Å². The van der Waals surface area contributed by atoms with E-state index >= 15 is 0 Å². The molecule has 0 radical (unpaired) electrons. The number of carboxylic acids is 1. The lowest BCUT2D eigenvalue weighted by Gasteiger charge is -2.31. The van der Waals surface area contributed by atoms with Gasteiger partial charge in [-0.3, -0.25) is 9.59 Å². The molecule has 1 amide bonds. The van der Waals surface area contributed by atoms with E-state index in [0.717, 1.165) is 15.1 Å². The van der Waals surface area contributed by atoms with E-state index < -0.39 is 17.8 Å². The molecule has 1 fully saturated rings. The number of thioether (sulfide) groups is 1. The molecule has 4 nitrogen and oxygen atoms in total. The minimum Gasteiger partial charge on any atom is -0.481 e. The van der Waals surface area contributed by atoms with Crippen molar-refractivity contribution in [3.63, 3.8) is 0 Å². The first-order valence-electron chi connectivity index (χ1n) is 7.41. The Morgan fingerprint density at radius 2 is 2.22 bits per heavy atom. The summed E-state index contributed by atoms with van der Waals surface area (Å²) in [6, 6.07) is 7.58. The van der Waals surface area contributed by atoms with Crippen molar-refractivity contribution in [3.05, 3.63) is 51.2 Å². The molecule has 2 heterocycles. The van der Waals surface area contributed by atoms with Crippen molar-refractivity contribution in [2.24, 2.45) is 23.7 Å². The van der Waals surface area contributed by atoms with Crippen molar-refractivity contribution < 1.29 is 14.7 Å². The third-order valence-corrected chi connectivity index (χ3v) is 6.25. The van der Waals surface area contributed by atoms with Gasteiger partial charge in [-0.2, -0.15) is 0 Å². The number of hydrogen-bond acceptors (Lipinski definition) is 3. The van der Waals surface area contributed by atoms with Gasteiger partial charge in [0.1, 0.15) is 0 Å². The van der Waals surface area contributed by atoms with Crippen molar-refractivity contribution in [1.29, 1.82) is 0 Å². The predicted molar refractivity (Wildman–Crippen MR) is 92.9 cm³/mol. The Morgan fingerprint density at radius 1 is 1.39 bits per heavy atom. The number of carbonyl (C=O) groups excluding carboxylic acids is 1. The second-order valence-electron chi connectivity index (χ2n) is 6.02. The number of hydrogen-bond donors (Lipinski definition) is 1. The zero-order valence-electron chi connectivity index (χ0n) is 12.1. The van der Waals surface area contributed by atoms with E-state index in [9.17, 15) is 14.7 Å². The second kappa shape index (κ2) is 5.53. The summed E-state index contributed by atoms with van der Waals surface area (Å²) in [6.07, 6.45) is 4.02. The maximum absolute atomic E-state index is 12.9. The van der Waals surface area contributed by atoms with Crippen molar-refractivity contribution in [2.75, 3.05) is 11.4 Å². The molecule has 4 rings (SSSR count). The molecule has 2 aliphatic heterocycles. The number of fused-ring (bicyclic) bond motifs is 2. The van der Waals surface area contributed by atoms with Gasteiger partial charge in [-0.1, -0.05) is 34.1 Å². The maximum Gasteiger partial charge on any atom is 0.308 e. The molecule has 0 bridgehead atoms. The first kappa shape index (κ1) is 15.0. The van der Waals surface area contributed by atoms with Crippen LogP contribution in [0.25, 0.3) is 0 Å². The molecule has 1 aliphatic carbocycles. The van der Waals surface area contributed by atoms with Gasteiger partial charge in [0, 0.05) is 28.5 Å². The fraction of sp³-hybridized carbons (Fsp3) is 0.294. The van der Waals surface area contributed by atoms with Crippen molar-refractivity contribution in [3.8, 4) is 0 Å². The van der Waals surface area contributed by atoms with Gasteiger partial charge in [0.05, 0.1) is 11.8 Å². The molecule has 0 saturated carbocycles. The fourth-order valence-corrected chi connectivity index (χ4v) is 5.22. The zero-order chi connectivity index (χ0) is 16.1. The van der Waals surface area contributed by atoms with Crippen LogP contribution in [-0.4, -0.2) is 23.5 Å². The summed E-state index contributed by atoms with van der Waals surface area (Å²) in [6.45, 7) is 0.542. The number of nitrogens with zero attached hydrogens (tertiary/aromatic N) is 1. The molecule has 1 saturated heterocycles. The molecular formula is C17H14BrNO3S. The molecule has 1 N–H and O–H groups in total. The predicted octanol–water partition coefficient (Wildman–Crippen LogP) is 3.50. The van der Waals surface area contributed by atoms with Gasteiger partial charge in [-0.25, -0.2) is 0 Å². The van der Waals surface area contributed by atoms with Gasteiger partial charge in [-0.05, 0) is 28.5 Å². The first-order valence-corrected chi connectivity index (χ1v) is 9.08. The monoisotopic (exact) mass is 391 g/mol. The van der Waals surface area contributed by atoms with Crippen LogP contribution in [0.1, 0.15) is 0 Å². The molecule has 0 spiro atoms. The minimum atomic E-state index is -0.882. The molecular weight excluding hydrogens is 378 g/mol. The van der Waals surface area contributed by atoms with E-state index in [0.29, 0.717) is 6.54 Å². The fourth-order valence-electron chi connectivity index (χ4n) is 3.79. The van der Waals surface area contributed by atoms with E-state index in [2.05, 4.69) is 22.0 Å². The van der Waals surface area contributed by atoms with Crippen molar-refractivity contribution in [1.82, 2.24) is 0 Å². The molecule has 1 aromatic carbocycles. The Labute approximate surface area is 146 Å². The summed E-state index contributed by atoms with van der Waals surface area (Å²) in [5.41, 5.74) is 0.815. The number of aliphatic carboxylic acids is 1. The van der Waals surface area contributed by atoms with E-state index in [1.165, 1.54) is 0 Å². The van der Waals surface area contributed by atoms with Gasteiger partial charge in [-0.15, -0.1) is 11.8 Å². The van der Waals surface area contributed by atoms with E-state index in [1.54, 1.807) is 16.7 Å². The Balaban J connectivity index is 1.73. The zero-order valence-corrected chi connectivity index (χ0v) is 14.5. The Hall–Kier alpha value is -1.53. The standard InChI is InChI=1S/C17H14BrNO3S/c18-10-2-1-3-11(7-10)19-8-9-6-13-12(4-5-23-13)15(17(21)22)14(9)16(19)20/h1-7,9,12,14-15H,8H2,(H,21,22)/t9-,12-,14-,15+/m0/s1. The number of anilines is 1. The molecule has 4 atom stereocenters. The first-order chi connectivity index (χ1) is 11.1. The van der Waals surface area contributed by atoms with E-state index in [1.807, 2.05) is 35.7 Å². The Bertz CT molecular complexity index is 760. The highest BCUT2D eigenvalue weighted by Gasteiger charge is 2.53. The third kappa shape index (κ3) is 2.35. The molecule has 3 aliphatic rings. The van der Waals surface area contributed by atoms with Crippen LogP contribution in [0.15, 0.2) is 51.2 Å². The molecule has 118 valence electrons. The highest BCUT2D eigenvalue weighted by atomic mass is 79.9. The number of benzene rings is 1. The number of amides is 1. The van der Waals surface area contributed by atoms with E-state index in [4.69, 9.17) is 0 Å². The summed E-state index contributed by atoms with van der Waals surface area (Å²) < 4.78 is 0.904. The number of carbonyl (C=O) groups is 2. The normalized spacial score (nSPS) is 31.8. The summed E-state index contributed by atoms with van der Waals surface area (Å²) in [5, 5.41) is 11.6. The van der Waals surface area contributed by atoms with Gasteiger partial charge >= 0.3 is 5.97 Å². The second-order valence-corrected chi connectivity index (χ2v) is 7.92. The molecule has 0 unspecified atom stereocenters. The van der Waals surface area contributed by atoms with E-state index in [-0.39, 0.29) is 17.7 Å². The summed E-state index contributed by atoms with van der Waals surface area (Å²) >= 11 is 5.00. The van der Waals surface area contributed by atoms with Crippen LogP contribution in [-0.2, 0) is 9.59 Å². The number of carboxylic acid groups (broad SMARTS) is 1. The van der Waals surface area contributed by atoms with Crippen LogP contribution < -0.4 is 4.90 Å². The number of rotatable bonds is 2. The molecule has 6 heteroatoms. The average molecular weight is 392 g/mol. The topological polar surface area (TPSA) is 57.6 Å². The lowest BCUT2D eigenvalue weighted by atomic mass is 9.71. The maximum atomic E-state index is 12.9. The smallest absolute Gasteiger partial charge is 0.308 e. The minimum absolute atomic E-state index is 0.0405. The number of halogens is 1. The SMILES string of the molecule is O=C(O)[C@H]1[C@H]2C(=O)N(c3cccc(Br)c3)C[C@@H]2C=C2SC=C[C@@H]21. The lowest BCUT2D eigenvalue weighted by molar-refractivity contribution is -0.148. The summed E-state index contributed by atoms with van der Waals surface area (Å²) in [5.74, 6) is -2.32. The van der Waals surface area contributed by atoms with Crippen molar-refractivity contribution >= 4 is 45.3 Å². The average Bonchev–Trinajstić information content (AvgIpc) is 3.09. The van der Waals surface area contributed by atoms with Crippen molar-refractivity contribution in [2.45, 2.75) is 0 Å². The van der Waals surface area contributed by atoms with Crippen LogP contribution >= 0.6 is 27.7 Å². The largest absolute Gasteiger partial charge is 0.481 e. The number of allylic oxidation sites excluding steroid dienone is 2. The molecule has 0 aromatic heterocycles. The van der Waals surface area contributed by atoms with Gasteiger partial charge in [0.25, 0.3) is 0 Å². The van der Waals surface area contributed by atoms with Crippen LogP contribution in [0.2, 0.25) is 0 Å². The van der Waals surface area contributed by atoms with Crippen LogP contribution in [0.5, 0.6) is 0 Å². The molecule has 1 aromatic rings.